The highest BCUT2D eigenvalue weighted by molar-refractivity contribution is 5.76. The molecule has 1 N–H and O–H groups in total. The molecule has 2 bridgehead atoms. The molecular formula is C9H16N2O. The number of methoxy groups -OCH3 is 1. The Morgan fingerprint density at radius 1 is 1.42 bits per heavy atom. The van der Waals surface area contributed by atoms with E-state index < -0.39 is 0 Å². The van der Waals surface area contributed by atoms with E-state index in [1.54, 1.807) is 7.11 Å². The highest BCUT2D eigenvalue weighted by Gasteiger charge is 2.36. The maximum atomic E-state index is 7.64. The van der Waals surface area contributed by atoms with Crippen molar-refractivity contribution < 1.29 is 4.74 Å². The monoisotopic (exact) mass is 168 g/mol. The molecule has 0 aliphatic carbocycles. The summed E-state index contributed by atoms with van der Waals surface area (Å²) in [5.74, 6) is 1.60. The first-order valence-corrected chi connectivity index (χ1v) is 4.66. The van der Waals surface area contributed by atoms with Gasteiger partial charge >= 0.3 is 0 Å². The van der Waals surface area contributed by atoms with Crippen molar-refractivity contribution >= 4 is 5.90 Å². The summed E-state index contributed by atoms with van der Waals surface area (Å²) < 4.78 is 5.00. The quantitative estimate of drug-likeness (QED) is 0.467. The van der Waals surface area contributed by atoms with Crippen LogP contribution >= 0.6 is 0 Å². The topological polar surface area (TPSA) is 36.3 Å². The van der Waals surface area contributed by atoms with Crippen molar-refractivity contribution in [3.63, 3.8) is 0 Å². The third-order valence-corrected chi connectivity index (χ3v) is 3.21. The molecule has 0 aromatic heterocycles. The third kappa shape index (κ3) is 1.22. The zero-order valence-corrected chi connectivity index (χ0v) is 7.55. The number of hydrogen-bond donors (Lipinski definition) is 1. The first kappa shape index (κ1) is 8.05. The fourth-order valence-electron chi connectivity index (χ4n) is 2.41. The Hall–Kier alpha value is -0.570. The highest BCUT2D eigenvalue weighted by Crippen LogP contribution is 2.32. The molecule has 0 spiro atoms. The minimum atomic E-state index is 0.387. The van der Waals surface area contributed by atoms with E-state index >= 15 is 0 Å². The van der Waals surface area contributed by atoms with E-state index in [9.17, 15) is 0 Å². The van der Waals surface area contributed by atoms with Crippen molar-refractivity contribution in [3.05, 3.63) is 0 Å². The summed E-state index contributed by atoms with van der Waals surface area (Å²) in [6.45, 7) is 3.52. The smallest absolute Gasteiger partial charge is 0.184 e. The van der Waals surface area contributed by atoms with Crippen LogP contribution in [0.25, 0.3) is 0 Å². The van der Waals surface area contributed by atoms with Crippen LogP contribution in [-0.2, 0) is 4.74 Å². The van der Waals surface area contributed by atoms with Crippen LogP contribution in [0.15, 0.2) is 0 Å². The summed E-state index contributed by atoms with van der Waals surface area (Å²) in [6, 6.07) is 0. The second-order valence-electron chi connectivity index (χ2n) is 3.81. The largest absolute Gasteiger partial charge is 0.484 e. The maximum absolute atomic E-state index is 7.64. The van der Waals surface area contributed by atoms with Gasteiger partial charge < -0.3 is 9.64 Å². The summed E-state index contributed by atoms with van der Waals surface area (Å²) in [5.41, 5.74) is 0. The van der Waals surface area contributed by atoms with Crippen LogP contribution in [0.3, 0.4) is 0 Å². The van der Waals surface area contributed by atoms with Crippen molar-refractivity contribution in [1.82, 2.24) is 4.90 Å². The Bertz CT molecular complexity index is 185. The van der Waals surface area contributed by atoms with Gasteiger partial charge in [-0.05, 0) is 31.8 Å². The lowest BCUT2D eigenvalue weighted by molar-refractivity contribution is 0.0713. The van der Waals surface area contributed by atoms with Gasteiger partial charge in [0, 0.05) is 6.54 Å². The van der Waals surface area contributed by atoms with Crippen LogP contribution in [0.5, 0.6) is 0 Å². The molecule has 3 nitrogen and oxygen atoms in total. The predicted octanol–water partition coefficient (Wildman–Crippen LogP) is 0.952. The molecule has 3 saturated heterocycles. The molecule has 3 rings (SSSR count). The van der Waals surface area contributed by atoms with Gasteiger partial charge in [-0.25, -0.2) is 0 Å². The molecule has 12 heavy (non-hydrogen) atoms. The first-order valence-electron chi connectivity index (χ1n) is 4.66. The van der Waals surface area contributed by atoms with E-state index in [4.69, 9.17) is 10.1 Å². The number of nitrogens with zero attached hydrogens (tertiary/aromatic N) is 1. The molecule has 3 aliphatic rings. The Balaban J connectivity index is 2.03. The lowest BCUT2D eigenvalue weighted by Crippen LogP contribution is -2.50. The number of ether oxygens (including phenoxy) is 1. The number of fused-ring (bicyclic) bond motifs is 3. The van der Waals surface area contributed by atoms with Crippen LogP contribution in [0.2, 0.25) is 0 Å². The molecule has 0 aromatic rings. The normalized spacial score (nSPS) is 39.6. The van der Waals surface area contributed by atoms with Crippen molar-refractivity contribution in [2.24, 2.45) is 11.8 Å². The van der Waals surface area contributed by atoms with Gasteiger partial charge in [-0.2, -0.15) is 0 Å². The van der Waals surface area contributed by atoms with E-state index in [0.717, 1.165) is 12.5 Å². The van der Waals surface area contributed by atoms with Crippen molar-refractivity contribution in [2.75, 3.05) is 26.7 Å². The molecule has 3 heterocycles. The van der Waals surface area contributed by atoms with Crippen LogP contribution in [0.4, 0.5) is 0 Å². The van der Waals surface area contributed by atoms with Gasteiger partial charge in [0.2, 0.25) is 0 Å². The fraction of sp³-hybridized carbons (Fsp3) is 0.889. The summed E-state index contributed by atoms with van der Waals surface area (Å²) >= 11 is 0. The number of rotatable bonds is 1. The molecule has 3 fully saturated rings. The van der Waals surface area contributed by atoms with E-state index in [2.05, 4.69) is 4.90 Å². The zero-order chi connectivity index (χ0) is 8.55. The van der Waals surface area contributed by atoms with Gasteiger partial charge in [-0.1, -0.05) is 0 Å². The standard InChI is InChI=1S/C9H16N2O/c1-12-9(10)8-6-11-4-2-7(8)3-5-11/h7-8,10H,2-6H2,1H3/t8-/m1/s1. The molecule has 68 valence electrons. The SMILES string of the molecule is COC(=N)[C@@H]1CN2CCC1CC2. The summed E-state index contributed by atoms with van der Waals surface area (Å²) in [5, 5.41) is 7.64. The average Bonchev–Trinajstić information content (AvgIpc) is 2.18. The Morgan fingerprint density at radius 2 is 2.08 bits per heavy atom. The minimum Gasteiger partial charge on any atom is -0.484 e. The van der Waals surface area contributed by atoms with Crippen LogP contribution < -0.4 is 0 Å². The number of hydrogen-bond acceptors (Lipinski definition) is 3. The lowest BCUT2D eigenvalue weighted by atomic mass is 9.79. The molecule has 1 atom stereocenters. The van der Waals surface area contributed by atoms with E-state index in [1.807, 2.05) is 0 Å². The maximum Gasteiger partial charge on any atom is 0.184 e. The molecule has 0 unspecified atom stereocenters. The minimum absolute atomic E-state index is 0.387. The summed E-state index contributed by atoms with van der Waals surface area (Å²) in [4.78, 5) is 2.44. The molecule has 0 saturated carbocycles. The molecule has 3 aliphatic heterocycles. The number of piperidine rings is 3. The van der Waals surface area contributed by atoms with E-state index in [1.165, 1.54) is 25.9 Å². The third-order valence-electron chi connectivity index (χ3n) is 3.21. The molecule has 3 heteroatoms. The Morgan fingerprint density at radius 3 is 2.50 bits per heavy atom. The van der Waals surface area contributed by atoms with Crippen molar-refractivity contribution in [3.8, 4) is 0 Å². The second kappa shape index (κ2) is 3.05. The van der Waals surface area contributed by atoms with Gasteiger partial charge in [0.15, 0.2) is 5.90 Å². The van der Waals surface area contributed by atoms with Crippen LogP contribution in [0.1, 0.15) is 12.8 Å². The Kier molecular flexibility index (Phi) is 2.05. The van der Waals surface area contributed by atoms with Gasteiger partial charge in [0.05, 0.1) is 13.0 Å². The second-order valence-corrected chi connectivity index (χ2v) is 3.81. The van der Waals surface area contributed by atoms with Crippen molar-refractivity contribution in [2.45, 2.75) is 12.8 Å². The molecular weight excluding hydrogens is 152 g/mol. The van der Waals surface area contributed by atoms with E-state index in [0.29, 0.717) is 11.8 Å². The summed E-state index contributed by atoms with van der Waals surface area (Å²) in [6.07, 6.45) is 2.52. The van der Waals surface area contributed by atoms with Crippen LogP contribution in [-0.4, -0.2) is 37.5 Å². The number of nitrogens with one attached hydrogen (secondary N) is 1. The van der Waals surface area contributed by atoms with Gasteiger partial charge in [-0.15, -0.1) is 0 Å². The lowest BCUT2D eigenvalue weighted by Gasteiger charge is -2.44. The average molecular weight is 168 g/mol. The van der Waals surface area contributed by atoms with Gasteiger partial charge in [0.1, 0.15) is 0 Å². The Labute approximate surface area is 73.2 Å². The fourth-order valence-corrected chi connectivity index (χ4v) is 2.41. The predicted molar refractivity (Wildman–Crippen MR) is 47.4 cm³/mol. The molecule has 0 radical (unpaired) electrons. The highest BCUT2D eigenvalue weighted by atomic mass is 16.5. The zero-order valence-electron chi connectivity index (χ0n) is 7.55. The first-order chi connectivity index (χ1) is 5.81. The summed E-state index contributed by atoms with van der Waals surface area (Å²) in [7, 11) is 1.61. The van der Waals surface area contributed by atoms with Crippen LogP contribution in [0, 0.1) is 17.2 Å². The van der Waals surface area contributed by atoms with Gasteiger partial charge in [-0.3, -0.25) is 5.41 Å². The van der Waals surface area contributed by atoms with Crippen molar-refractivity contribution in [1.29, 1.82) is 5.41 Å². The molecule has 0 amide bonds. The van der Waals surface area contributed by atoms with Gasteiger partial charge in [0.25, 0.3) is 0 Å². The molecule has 0 aromatic carbocycles. The van der Waals surface area contributed by atoms with E-state index in [-0.39, 0.29) is 0 Å².